The smallest absolute Gasteiger partial charge is 0.227 e. The number of benzene rings is 1. The van der Waals surface area contributed by atoms with Crippen LogP contribution in [0.2, 0.25) is 0 Å². The Bertz CT molecular complexity index is 197. The quantitative estimate of drug-likeness (QED) is 0.545. The molecule has 1 aromatic rings. The van der Waals surface area contributed by atoms with Crippen molar-refractivity contribution in [2.45, 2.75) is 0 Å². The normalized spacial score (nSPS) is 13.8. The highest BCUT2D eigenvalue weighted by atomic mass is 15.1. The molecule has 2 nitrogen and oxygen atoms in total. The van der Waals surface area contributed by atoms with Crippen molar-refractivity contribution in [2.24, 2.45) is 0 Å². The Kier molecular flexibility index (Phi) is 0.859. The van der Waals surface area contributed by atoms with Gasteiger partial charge in [-0.2, -0.15) is 0 Å². The predicted octanol–water partition coefficient (Wildman–Crippen LogP) is 1.34. The van der Waals surface area contributed by atoms with Gasteiger partial charge in [0, 0.05) is 0 Å². The average Bonchev–Trinajstić information content (AvgIpc) is 2.33. The van der Waals surface area contributed by atoms with Gasteiger partial charge >= 0.3 is 0 Å². The second kappa shape index (κ2) is 1.65. The Morgan fingerprint density at radius 2 is 2.22 bits per heavy atom. The monoisotopic (exact) mass is 117 g/mol. The summed E-state index contributed by atoms with van der Waals surface area (Å²) in [6, 6.07) is 7.84. The van der Waals surface area contributed by atoms with E-state index in [9.17, 15) is 0 Å². The maximum absolute atomic E-state index is 3.94. The van der Waals surface area contributed by atoms with Crippen molar-refractivity contribution in [1.82, 2.24) is 5.32 Å². The van der Waals surface area contributed by atoms with Crippen molar-refractivity contribution in [1.29, 1.82) is 0 Å². The van der Waals surface area contributed by atoms with E-state index >= 15 is 0 Å². The SMILES string of the molecule is [C]1[N]c2ccccc2N1. The molecule has 1 aliphatic heterocycles. The summed E-state index contributed by atoms with van der Waals surface area (Å²) >= 11 is 0. The number of hydrogen-bond donors (Lipinski definition) is 1. The zero-order valence-corrected chi connectivity index (χ0v) is 4.76. The summed E-state index contributed by atoms with van der Waals surface area (Å²) in [5, 5.41) is 6.82. The van der Waals surface area contributed by atoms with Crippen molar-refractivity contribution < 1.29 is 0 Å². The number of fused-ring (bicyclic) bond motifs is 1. The van der Waals surface area contributed by atoms with Gasteiger partial charge in [-0.05, 0) is 12.1 Å². The molecule has 0 aromatic heterocycles. The molecule has 0 fully saturated rings. The Morgan fingerprint density at radius 1 is 1.33 bits per heavy atom. The third-order valence-corrected chi connectivity index (χ3v) is 1.27. The first-order valence-electron chi connectivity index (χ1n) is 2.77. The van der Waals surface area contributed by atoms with Crippen molar-refractivity contribution in [3.8, 4) is 0 Å². The fourth-order valence-corrected chi connectivity index (χ4v) is 0.825. The van der Waals surface area contributed by atoms with E-state index in [1.165, 1.54) is 0 Å². The minimum atomic E-state index is 0.970. The fraction of sp³-hybridized carbons (Fsp3) is 0. The van der Waals surface area contributed by atoms with Gasteiger partial charge in [0.05, 0.1) is 11.4 Å². The lowest BCUT2D eigenvalue weighted by Crippen LogP contribution is -1.88. The average molecular weight is 117 g/mol. The lowest BCUT2D eigenvalue weighted by atomic mass is 10.3. The maximum atomic E-state index is 3.94. The van der Waals surface area contributed by atoms with Crippen LogP contribution >= 0.6 is 0 Å². The van der Waals surface area contributed by atoms with E-state index in [0.29, 0.717) is 0 Å². The van der Waals surface area contributed by atoms with Gasteiger partial charge < -0.3 is 5.32 Å². The zero-order valence-electron chi connectivity index (χ0n) is 4.76. The third kappa shape index (κ3) is 0.633. The van der Waals surface area contributed by atoms with Crippen LogP contribution < -0.4 is 10.6 Å². The molecule has 0 spiro atoms. The standard InChI is InChI=1S/C7H5N2/c1-2-4-7-6(3-1)8-5-9-7/h1-4,8H. The highest BCUT2D eigenvalue weighted by Crippen LogP contribution is 2.25. The Balaban J connectivity index is 2.54. The van der Waals surface area contributed by atoms with Crippen molar-refractivity contribution in [2.75, 3.05) is 5.32 Å². The molecular formula is C7H5N2. The molecule has 1 N–H and O–H groups in total. The molecule has 0 aliphatic carbocycles. The number of nitrogens with one attached hydrogen (secondary N) is 1. The van der Waals surface area contributed by atoms with E-state index in [4.69, 9.17) is 0 Å². The minimum absolute atomic E-state index is 0.970. The van der Waals surface area contributed by atoms with Gasteiger partial charge in [0.2, 0.25) is 6.67 Å². The Labute approximate surface area is 53.9 Å². The van der Waals surface area contributed by atoms with Gasteiger partial charge in [-0.1, -0.05) is 12.1 Å². The summed E-state index contributed by atoms with van der Waals surface area (Å²) in [7, 11) is 0. The van der Waals surface area contributed by atoms with E-state index < -0.39 is 0 Å². The summed E-state index contributed by atoms with van der Waals surface area (Å²) in [4.78, 5) is 0. The van der Waals surface area contributed by atoms with Crippen molar-refractivity contribution in [3.63, 3.8) is 0 Å². The van der Waals surface area contributed by atoms with Crippen molar-refractivity contribution >= 4 is 11.4 Å². The summed E-state index contributed by atoms with van der Waals surface area (Å²) in [6.07, 6.45) is 0. The summed E-state index contributed by atoms with van der Waals surface area (Å²) in [5.41, 5.74) is 2.01. The summed E-state index contributed by atoms with van der Waals surface area (Å²) < 4.78 is 0. The number of hydrogen-bond acceptors (Lipinski definition) is 1. The van der Waals surface area contributed by atoms with Crippen LogP contribution in [0.5, 0.6) is 0 Å². The number of rotatable bonds is 0. The van der Waals surface area contributed by atoms with Gasteiger partial charge in [0.1, 0.15) is 0 Å². The van der Waals surface area contributed by atoms with Crippen LogP contribution in [0, 0.1) is 6.67 Å². The first-order chi connectivity index (χ1) is 4.47. The molecule has 3 radical (unpaired) electrons. The largest absolute Gasteiger partial charge is 0.352 e. The molecule has 1 heterocycles. The van der Waals surface area contributed by atoms with Crippen LogP contribution in [0.3, 0.4) is 0 Å². The van der Waals surface area contributed by atoms with Crippen molar-refractivity contribution in [3.05, 3.63) is 30.9 Å². The first kappa shape index (κ1) is 4.68. The number of anilines is 1. The Morgan fingerprint density at radius 3 is 3.11 bits per heavy atom. The van der Waals surface area contributed by atoms with Crippen LogP contribution in [-0.4, -0.2) is 0 Å². The molecule has 0 saturated carbocycles. The molecule has 43 valence electrons. The molecule has 0 unspecified atom stereocenters. The van der Waals surface area contributed by atoms with Crippen LogP contribution in [0.15, 0.2) is 24.3 Å². The lowest BCUT2D eigenvalue weighted by molar-refractivity contribution is 1.12. The second-order valence-electron chi connectivity index (χ2n) is 1.87. The second-order valence-corrected chi connectivity index (χ2v) is 1.87. The van der Waals surface area contributed by atoms with Crippen LogP contribution in [-0.2, 0) is 0 Å². The molecular weight excluding hydrogens is 112 g/mol. The van der Waals surface area contributed by atoms with Gasteiger partial charge in [0.25, 0.3) is 0 Å². The molecule has 1 aromatic carbocycles. The minimum Gasteiger partial charge on any atom is -0.352 e. The molecule has 1 aliphatic rings. The summed E-state index contributed by atoms with van der Waals surface area (Å²) in [6.45, 7) is 2.66. The van der Waals surface area contributed by atoms with E-state index in [2.05, 4.69) is 17.3 Å². The zero-order chi connectivity index (χ0) is 6.10. The van der Waals surface area contributed by atoms with E-state index in [-0.39, 0.29) is 0 Å². The topological polar surface area (TPSA) is 26.1 Å². The molecule has 0 amide bonds. The highest BCUT2D eigenvalue weighted by Gasteiger charge is 2.08. The molecule has 0 saturated heterocycles. The van der Waals surface area contributed by atoms with Gasteiger partial charge in [-0.25, -0.2) is 5.32 Å². The number of para-hydroxylation sites is 2. The summed E-state index contributed by atoms with van der Waals surface area (Å²) in [5.74, 6) is 0. The first-order valence-corrected chi connectivity index (χ1v) is 2.77. The molecule has 2 rings (SSSR count). The van der Waals surface area contributed by atoms with E-state index in [1.807, 2.05) is 24.3 Å². The molecule has 0 bridgehead atoms. The van der Waals surface area contributed by atoms with E-state index in [0.717, 1.165) is 11.4 Å². The molecule has 9 heavy (non-hydrogen) atoms. The van der Waals surface area contributed by atoms with Gasteiger partial charge in [0.15, 0.2) is 0 Å². The lowest BCUT2D eigenvalue weighted by Gasteiger charge is -1.91. The number of nitrogens with zero attached hydrogens (tertiary/aromatic N) is 1. The van der Waals surface area contributed by atoms with E-state index in [1.54, 1.807) is 0 Å². The predicted molar refractivity (Wildman–Crippen MR) is 35.1 cm³/mol. The van der Waals surface area contributed by atoms with Gasteiger partial charge in [-0.3, -0.25) is 0 Å². The molecule has 0 atom stereocenters. The van der Waals surface area contributed by atoms with Gasteiger partial charge in [-0.15, -0.1) is 0 Å². The van der Waals surface area contributed by atoms with Crippen LogP contribution in [0.4, 0.5) is 11.4 Å². The molecule has 2 heteroatoms. The maximum Gasteiger partial charge on any atom is 0.227 e. The highest BCUT2D eigenvalue weighted by molar-refractivity contribution is 5.69. The fourth-order valence-electron chi connectivity index (χ4n) is 0.825. The Hall–Kier alpha value is -1.18. The third-order valence-electron chi connectivity index (χ3n) is 1.27. The van der Waals surface area contributed by atoms with Crippen LogP contribution in [0.1, 0.15) is 0 Å². The van der Waals surface area contributed by atoms with Crippen LogP contribution in [0.25, 0.3) is 0 Å².